The van der Waals surface area contributed by atoms with E-state index >= 15 is 0 Å². The first kappa shape index (κ1) is 11.4. The highest BCUT2D eigenvalue weighted by Crippen LogP contribution is 2.18. The summed E-state index contributed by atoms with van der Waals surface area (Å²) in [4.78, 5) is 11.3. The van der Waals surface area contributed by atoms with Crippen molar-refractivity contribution < 1.29 is 8.78 Å². The minimum Gasteiger partial charge on any atom is -0.268 e. The Morgan fingerprint density at radius 1 is 1.18 bits per heavy atom. The van der Waals surface area contributed by atoms with Gasteiger partial charge in [0.25, 0.3) is 5.56 Å². The number of nitrogens with zero attached hydrogens (tertiary/aromatic N) is 2. The van der Waals surface area contributed by atoms with Crippen molar-refractivity contribution in [1.29, 1.82) is 0 Å². The van der Waals surface area contributed by atoms with Gasteiger partial charge in [-0.3, -0.25) is 4.79 Å². The minimum atomic E-state index is -0.670. The summed E-state index contributed by atoms with van der Waals surface area (Å²) in [7, 11) is 0. The maximum atomic E-state index is 13.0. The Bertz CT molecular complexity index is 587. The summed E-state index contributed by atoms with van der Waals surface area (Å²) in [5, 5.41) is 4.01. The zero-order valence-electron chi connectivity index (χ0n) is 9.15. The lowest BCUT2D eigenvalue weighted by Crippen LogP contribution is -2.21. The third kappa shape index (κ3) is 2.38. The molecule has 0 N–H and O–H groups in total. The molecule has 0 aliphatic rings. The Hall–Kier alpha value is -2.04. The van der Waals surface area contributed by atoms with Crippen LogP contribution in [0.25, 0.3) is 11.3 Å². The number of halogens is 2. The second-order valence-electron chi connectivity index (χ2n) is 3.53. The van der Waals surface area contributed by atoms with Gasteiger partial charge in [0, 0.05) is 24.2 Å². The molecule has 0 aliphatic carbocycles. The summed E-state index contributed by atoms with van der Waals surface area (Å²) in [6.45, 7) is 2.18. The first-order valence-corrected chi connectivity index (χ1v) is 5.15. The van der Waals surface area contributed by atoms with Gasteiger partial charge in [-0.2, -0.15) is 5.10 Å². The van der Waals surface area contributed by atoms with Crippen LogP contribution >= 0.6 is 0 Å². The van der Waals surface area contributed by atoms with Crippen molar-refractivity contribution in [3.63, 3.8) is 0 Å². The van der Waals surface area contributed by atoms with Crippen LogP contribution in [0.2, 0.25) is 0 Å². The van der Waals surface area contributed by atoms with Crippen molar-refractivity contribution in [2.24, 2.45) is 0 Å². The molecule has 1 aromatic carbocycles. The van der Waals surface area contributed by atoms with E-state index in [1.165, 1.54) is 28.9 Å². The first-order valence-electron chi connectivity index (χ1n) is 5.15. The summed E-state index contributed by atoms with van der Waals surface area (Å²) in [6.07, 6.45) is 0. The Balaban J connectivity index is 2.56. The molecule has 0 saturated heterocycles. The Morgan fingerprint density at radius 2 is 1.82 bits per heavy atom. The van der Waals surface area contributed by atoms with E-state index in [2.05, 4.69) is 5.10 Å². The summed E-state index contributed by atoms with van der Waals surface area (Å²) in [6, 6.07) is 5.92. The van der Waals surface area contributed by atoms with E-state index in [9.17, 15) is 13.6 Å². The Labute approximate surface area is 96.3 Å². The molecule has 1 heterocycles. The fourth-order valence-electron chi connectivity index (χ4n) is 1.53. The Kier molecular flexibility index (Phi) is 2.99. The van der Waals surface area contributed by atoms with Gasteiger partial charge in [-0.25, -0.2) is 13.5 Å². The average Bonchev–Trinajstić information content (AvgIpc) is 2.28. The van der Waals surface area contributed by atoms with Gasteiger partial charge in [0.1, 0.15) is 11.6 Å². The molecular weight excluding hydrogens is 226 g/mol. The monoisotopic (exact) mass is 236 g/mol. The smallest absolute Gasteiger partial charge is 0.266 e. The van der Waals surface area contributed by atoms with Crippen LogP contribution in [0.5, 0.6) is 0 Å². The minimum absolute atomic E-state index is 0.242. The average molecular weight is 236 g/mol. The quantitative estimate of drug-likeness (QED) is 0.801. The molecule has 0 saturated carbocycles. The molecule has 17 heavy (non-hydrogen) atoms. The van der Waals surface area contributed by atoms with Crippen molar-refractivity contribution in [3.8, 4) is 11.3 Å². The molecule has 2 rings (SSSR count). The number of rotatable bonds is 2. The molecule has 0 unspecified atom stereocenters. The van der Waals surface area contributed by atoms with Crippen molar-refractivity contribution in [3.05, 3.63) is 52.3 Å². The molecule has 0 spiro atoms. The maximum absolute atomic E-state index is 13.0. The van der Waals surface area contributed by atoms with Gasteiger partial charge in [-0.15, -0.1) is 0 Å². The van der Waals surface area contributed by atoms with Crippen LogP contribution in [0.3, 0.4) is 0 Å². The molecular formula is C12H10F2N2O. The van der Waals surface area contributed by atoms with Gasteiger partial charge < -0.3 is 0 Å². The van der Waals surface area contributed by atoms with E-state index in [-0.39, 0.29) is 5.56 Å². The topological polar surface area (TPSA) is 34.9 Å². The molecule has 0 radical (unpaired) electrons. The zero-order chi connectivity index (χ0) is 12.4. The highest BCUT2D eigenvalue weighted by molar-refractivity contribution is 5.58. The molecule has 0 atom stereocenters. The third-order valence-electron chi connectivity index (χ3n) is 2.32. The van der Waals surface area contributed by atoms with Crippen molar-refractivity contribution >= 4 is 0 Å². The summed E-state index contributed by atoms with van der Waals surface area (Å²) < 4.78 is 27.3. The number of hydrogen-bond donors (Lipinski definition) is 0. The summed E-state index contributed by atoms with van der Waals surface area (Å²) in [5.74, 6) is -1.34. The number of aryl methyl sites for hydroxylation is 1. The standard InChI is InChI=1S/C12H10F2N2O/c1-2-16-12(17)4-3-11(15-16)8-5-9(13)7-10(14)6-8/h3-7H,2H2,1H3. The number of hydrogen-bond acceptors (Lipinski definition) is 2. The lowest BCUT2D eigenvalue weighted by atomic mass is 10.1. The van der Waals surface area contributed by atoms with Gasteiger partial charge in [-0.05, 0) is 25.1 Å². The molecule has 5 heteroatoms. The zero-order valence-corrected chi connectivity index (χ0v) is 9.15. The molecule has 0 amide bonds. The lowest BCUT2D eigenvalue weighted by Gasteiger charge is -2.05. The predicted molar refractivity (Wildman–Crippen MR) is 59.5 cm³/mol. The normalized spacial score (nSPS) is 10.5. The van der Waals surface area contributed by atoms with Crippen molar-refractivity contribution in [2.75, 3.05) is 0 Å². The molecule has 1 aromatic heterocycles. The van der Waals surface area contributed by atoms with Crippen LogP contribution in [-0.4, -0.2) is 9.78 Å². The van der Waals surface area contributed by atoms with Gasteiger partial charge in [0.2, 0.25) is 0 Å². The van der Waals surface area contributed by atoms with Crippen LogP contribution < -0.4 is 5.56 Å². The molecule has 88 valence electrons. The summed E-state index contributed by atoms with van der Waals surface area (Å²) in [5.41, 5.74) is 0.433. The fraction of sp³-hybridized carbons (Fsp3) is 0.167. The van der Waals surface area contributed by atoms with Crippen LogP contribution in [0, 0.1) is 11.6 Å². The van der Waals surface area contributed by atoms with Crippen LogP contribution in [0.1, 0.15) is 6.92 Å². The van der Waals surface area contributed by atoms with Gasteiger partial charge >= 0.3 is 0 Å². The van der Waals surface area contributed by atoms with Crippen molar-refractivity contribution in [2.45, 2.75) is 13.5 Å². The summed E-state index contributed by atoms with van der Waals surface area (Å²) >= 11 is 0. The van der Waals surface area contributed by atoms with E-state index in [4.69, 9.17) is 0 Å². The van der Waals surface area contributed by atoms with E-state index in [0.717, 1.165) is 6.07 Å². The maximum Gasteiger partial charge on any atom is 0.266 e. The van der Waals surface area contributed by atoms with E-state index in [1.54, 1.807) is 6.92 Å². The van der Waals surface area contributed by atoms with Crippen LogP contribution in [0.4, 0.5) is 8.78 Å². The lowest BCUT2D eigenvalue weighted by molar-refractivity contribution is 0.583. The van der Waals surface area contributed by atoms with E-state index in [1.807, 2.05) is 0 Å². The van der Waals surface area contributed by atoms with Gasteiger partial charge in [-0.1, -0.05) is 0 Å². The molecule has 0 fully saturated rings. The second-order valence-corrected chi connectivity index (χ2v) is 3.53. The molecule has 2 aromatic rings. The molecule has 0 aliphatic heterocycles. The molecule has 0 bridgehead atoms. The number of aromatic nitrogens is 2. The van der Waals surface area contributed by atoms with Gasteiger partial charge in [0.05, 0.1) is 5.69 Å². The van der Waals surface area contributed by atoms with E-state index in [0.29, 0.717) is 17.8 Å². The largest absolute Gasteiger partial charge is 0.268 e. The van der Waals surface area contributed by atoms with E-state index < -0.39 is 11.6 Å². The highest BCUT2D eigenvalue weighted by Gasteiger charge is 2.06. The highest BCUT2D eigenvalue weighted by atomic mass is 19.1. The van der Waals surface area contributed by atoms with Crippen LogP contribution in [-0.2, 0) is 6.54 Å². The predicted octanol–water partition coefficient (Wildman–Crippen LogP) is 2.21. The number of benzene rings is 1. The first-order chi connectivity index (χ1) is 8.10. The van der Waals surface area contributed by atoms with Crippen molar-refractivity contribution in [1.82, 2.24) is 9.78 Å². The second kappa shape index (κ2) is 4.45. The third-order valence-corrected chi connectivity index (χ3v) is 2.32. The Morgan fingerprint density at radius 3 is 2.41 bits per heavy atom. The van der Waals surface area contributed by atoms with Crippen LogP contribution in [0.15, 0.2) is 35.1 Å². The fourth-order valence-corrected chi connectivity index (χ4v) is 1.53. The van der Waals surface area contributed by atoms with Gasteiger partial charge in [0.15, 0.2) is 0 Å². The SMILES string of the molecule is CCn1nc(-c2cc(F)cc(F)c2)ccc1=O. The molecule has 3 nitrogen and oxygen atoms in total.